The summed E-state index contributed by atoms with van der Waals surface area (Å²) in [6, 6.07) is 17.2. The maximum atomic E-state index is 12.7. The quantitative estimate of drug-likeness (QED) is 0.659. The van der Waals surface area contributed by atoms with Crippen LogP contribution in [-0.2, 0) is 0 Å². The fourth-order valence-corrected chi connectivity index (χ4v) is 3.16. The smallest absolute Gasteiger partial charge is 0.223 e. The first-order chi connectivity index (χ1) is 12.1. The number of allylic oxidation sites excluding steroid dienone is 2. The Morgan fingerprint density at radius 3 is 2.44 bits per heavy atom. The number of hydrogen-bond donors (Lipinski definition) is 0. The SMILES string of the molecule is CC=C(C)N=c1sc(C(=O)c2ccccc2)nn1-c1ccc(C)cc1. The van der Waals surface area contributed by atoms with E-state index in [0.717, 1.165) is 11.4 Å². The summed E-state index contributed by atoms with van der Waals surface area (Å²) in [5.74, 6) is -0.0916. The first kappa shape index (κ1) is 17.0. The lowest BCUT2D eigenvalue weighted by Crippen LogP contribution is -2.14. The van der Waals surface area contributed by atoms with Crippen LogP contribution >= 0.6 is 11.3 Å². The van der Waals surface area contributed by atoms with Crippen molar-refractivity contribution in [3.63, 3.8) is 0 Å². The molecule has 0 aliphatic carbocycles. The van der Waals surface area contributed by atoms with Crippen LogP contribution in [0.2, 0.25) is 0 Å². The monoisotopic (exact) mass is 349 g/mol. The molecule has 1 aromatic heterocycles. The predicted molar refractivity (Wildman–Crippen MR) is 101 cm³/mol. The minimum Gasteiger partial charge on any atom is -0.286 e. The van der Waals surface area contributed by atoms with Crippen LogP contribution in [0, 0.1) is 6.92 Å². The summed E-state index contributed by atoms with van der Waals surface area (Å²) < 4.78 is 1.73. The lowest BCUT2D eigenvalue weighted by atomic mass is 10.1. The van der Waals surface area contributed by atoms with Gasteiger partial charge in [-0.2, -0.15) is 5.10 Å². The van der Waals surface area contributed by atoms with Crippen molar-refractivity contribution >= 4 is 17.1 Å². The fourth-order valence-electron chi connectivity index (χ4n) is 2.23. The standard InChI is InChI=1S/C20H19N3OS/c1-4-15(3)21-20-23(17-12-10-14(2)11-13-17)22-19(25-20)18(24)16-8-6-5-7-9-16/h4-13H,1-3H3. The summed E-state index contributed by atoms with van der Waals surface area (Å²) in [6.45, 7) is 5.90. The van der Waals surface area contributed by atoms with Crippen molar-refractivity contribution in [3.8, 4) is 5.69 Å². The van der Waals surface area contributed by atoms with Crippen molar-refractivity contribution in [2.45, 2.75) is 20.8 Å². The molecule has 126 valence electrons. The molecule has 0 saturated carbocycles. The Labute approximate surface area is 150 Å². The summed E-state index contributed by atoms with van der Waals surface area (Å²) in [6.07, 6.45) is 1.93. The molecule has 0 saturated heterocycles. The van der Waals surface area contributed by atoms with Gasteiger partial charge in [0, 0.05) is 11.3 Å². The lowest BCUT2D eigenvalue weighted by molar-refractivity contribution is 0.103. The van der Waals surface area contributed by atoms with Gasteiger partial charge in [0.1, 0.15) is 0 Å². The second-order valence-corrected chi connectivity index (χ2v) is 6.63. The fraction of sp³-hybridized carbons (Fsp3) is 0.150. The van der Waals surface area contributed by atoms with E-state index >= 15 is 0 Å². The molecule has 0 N–H and O–H groups in total. The van der Waals surface area contributed by atoms with E-state index in [9.17, 15) is 4.79 Å². The van der Waals surface area contributed by atoms with Gasteiger partial charge in [-0.1, -0.05) is 65.4 Å². The van der Waals surface area contributed by atoms with Crippen molar-refractivity contribution in [2.75, 3.05) is 0 Å². The minimum atomic E-state index is -0.0916. The van der Waals surface area contributed by atoms with Crippen LogP contribution in [0.3, 0.4) is 0 Å². The molecule has 2 aromatic carbocycles. The van der Waals surface area contributed by atoms with E-state index in [1.54, 1.807) is 16.8 Å². The van der Waals surface area contributed by atoms with Gasteiger partial charge in [-0.05, 0) is 32.9 Å². The summed E-state index contributed by atoms with van der Waals surface area (Å²) in [5, 5.41) is 4.96. The third kappa shape index (κ3) is 3.83. The van der Waals surface area contributed by atoms with E-state index in [1.807, 2.05) is 69.3 Å². The maximum Gasteiger partial charge on any atom is 0.223 e. The Kier molecular flexibility index (Phi) is 5.05. The number of aryl methyl sites for hydroxylation is 1. The molecule has 5 heteroatoms. The average molecular weight is 349 g/mol. The van der Waals surface area contributed by atoms with Gasteiger partial charge in [0.25, 0.3) is 0 Å². The Bertz CT molecular complexity index is 980. The number of rotatable bonds is 4. The Hall–Kier alpha value is -2.79. The molecule has 25 heavy (non-hydrogen) atoms. The Morgan fingerprint density at radius 2 is 1.80 bits per heavy atom. The number of benzene rings is 2. The highest BCUT2D eigenvalue weighted by molar-refractivity contribution is 7.11. The zero-order valence-corrected chi connectivity index (χ0v) is 15.2. The number of carbonyl (C=O) groups is 1. The lowest BCUT2D eigenvalue weighted by Gasteiger charge is -2.01. The van der Waals surface area contributed by atoms with Gasteiger partial charge >= 0.3 is 0 Å². The second-order valence-electron chi connectivity index (χ2n) is 5.67. The molecule has 3 rings (SSSR count). The van der Waals surface area contributed by atoms with E-state index in [0.29, 0.717) is 15.4 Å². The van der Waals surface area contributed by atoms with Gasteiger partial charge in [0.15, 0.2) is 5.01 Å². The van der Waals surface area contributed by atoms with Gasteiger partial charge in [-0.3, -0.25) is 4.79 Å². The van der Waals surface area contributed by atoms with Crippen LogP contribution in [-0.4, -0.2) is 15.6 Å². The molecule has 3 aromatic rings. The van der Waals surface area contributed by atoms with E-state index in [2.05, 4.69) is 10.1 Å². The minimum absolute atomic E-state index is 0.0916. The Balaban J connectivity index is 2.14. The molecule has 0 radical (unpaired) electrons. The second kappa shape index (κ2) is 7.40. The first-order valence-electron chi connectivity index (χ1n) is 8.03. The van der Waals surface area contributed by atoms with Crippen LogP contribution in [0.15, 0.2) is 71.4 Å². The van der Waals surface area contributed by atoms with Crippen LogP contribution in [0.5, 0.6) is 0 Å². The number of hydrogen-bond acceptors (Lipinski definition) is 4. The van der Waals surface area contributed by atoms with E-state index < -0.39 is 0 Å². The highest BCUT2D eigenvalue weighted by Crippen LogP contribution is 2.13. The highest BCUT2D eigenvalue weighted by Gasteiger charge is 2.16. The van der Waals surface area contributed by atoms with Crippen LogP contribution in [0.4, 0.5) is 0 Å². The highest BCUT2D eigenvalue weighted by atomic mass is 32.1. The third-order valence-electron chi connectivity index (χ3n) is 3.76. The van der Waals surface area contributed by atoms with Crippen molar-refractivity contribution in [1.82, 2.24) is 9.78 Å². The van der Waals surface area contributed by atoms with Crippen LogP contribution < -0.4 is 4.80 Å². The molecule has 0 aliphatic rings. The van der Waals surface area contributed by atoms with Gasteiger partial charge in [0.05, 0.1) is 5.69 Å². The molecule has 0 unspecified atom stereocenters. The average Bonchev–Trinajstić information content (AvgIpc) is 3.06. The number of nitrogens with zero attached hydrogens (tertiary/aromatic N) is 3. The molecule has 0 spiro atoms. The van der Waals surface area contributed by atoms with Gasteiger partial charge in [-0.15, -0.1) is 0 Å². The van der Waals surface area contributed by atoms with E-state index in [-0.39, 0.29) is 5.78 Å². The number of ketones is 1. The summed E-state index contributed by atoms with van der Waals surface area (Å²) >= 11 is 1.30. The molecular formula is C20H19N3OS. The predicted octanol–water partition coefficient (Wildman–Crippen LogP) is 4.30. The zero-order chi connectivity index (χ0) is 17.8. The largest absolute Gasteiger partial charge is 0.286 e. The van der Waals surface area contributed by atoms with Gasteiger partial charge in [0.2, 0.25) is 10.6 Å². The van der Waals surface area contributed by atoms with Crippen molar-refractivity contribution in [3.05, 3.63) is 87.3 Å². The van der Waals surface area contributed by atoms with Crippen LogP contribution in [0.1, 0.15) is 34.8 Å². The molecule has 0 atom stereocenters. The summed E-state index contributed by atoms with van der Waals surface area (Å²) in [4.78, 5) is 18.0. The van der Waals surface area contributed by atoms with Crippen molar-refractivity contribution < 1.29 is 4.79 Å². The van der Waals surface area contributed by atoms with Crippen LogP contribution in [0.25, 0.3) is 5.69 Å². The third-order valence-corrected chi connectivity index (χ3v) is 4.67. The van der Waals surface area contributed by atoms with Crippen molar-refractivity contribution in [1.29, 1.82) is 0 Å². The van der Waals surface area contributed by atoms with E-state index in [4.69, 9.17) is 0 Å². The molecule has 1 heterocycles. The van der Waals surface area contributed by atoms with Gasteiger partial charge in [-0.25, -0.2) is 9.67 Å². The van der Waals surface area contributed by atoms with Crippen molar-refractivity contribution in [2.24, 2.45) is 4.99 Å². The normalized spacial score (nSPS) is 12.4. The molecule has 0 bridgehead atoms. The molecule has 4 nitrogen and oxygen atoms in total. The summed E-state index contributed by atoms with van der Waals surface area (Å²) in [5.41, 5.74) is 3.56. The number of aromatic nitrogens is 2. The summed E-state index contributed by atoms with van der Waals surface area (Å²) in [7, 11) is 0. The molecule has 0 aliphatic heterocycles. The topological polar surface area (TPSA) is 47.2 Å². The Morgan fingerprint density at radius 1 is 1.12 bits per heavy atom. The first-order valence-corrected chi connectivity index (χ1v) is 8.84. The molecule has 0 amide bonds. The van der Waals surface area contributed by atoms with Gasteiger partial charge < -0.3 is 0 Å². The maximum absolute atomic E-state index is 12.7. The molecular weight excluding hydrogens is 330 g/mol. The van der Waals surface area contributed by atoms with E-state index in [1.165, 1.54) is 16.9 Å². The molecule has 0 fully saturated rings. The number of carbonyl (C=O) groups excluding carboxylic acids is 1. The zero-order valence-electron chi connectivity index (χ0n) is 14.4.